The second-order valence-electron chi connectivity index (χ2n) is 7.57. The number of hydrogen-bond donors (Lipinski definition) is 0. The van der Waals surface area contributed by atoms with Crippen LogP contribution in [-0.2, 0) is 17.6 Å². The van der Waals surface area contributed by atoms with E-state index in [2.05, 4.69) is 62.1 Å². The van der Waals surface area contributed by atoms with E-state index in [1.165, 1.54) is 11.1 Å². The van der Waals surface area contributed by atoms with Crippen LogP contribution in [0.3, 0.4) is 0 Å². The minimum Gasteiger partial charge on any atom is -0.308 e. The maximum absolute atomic E-state index is 13.3. The van der Waals surface area contributed by atoms with Gasteiger partial charge in [0.25, 0.3) is 0 Å². The largest absolute Gasteiger partial charge is 0.308 e. The van der Waals surface area contributed by atoms with Crippen molar-refractivity contribution in [3.05, 3.63) is 58.7 Å². The highest BCUT2D eigenvalue weighted by molar-refractivity contribution is 7.22. The molecule has 4 nitrogen and oxygen atoms in total. The van der Waals surface area contributed by atoms with E-state index >= 15 is 0 Å². The molecule has 148 valence electrons. The molecule has 5 heteroatoms. The van der Waals surface area contributed by atoms with Crippen molar-refractivity contribution in [2.45, 2.75) is 33.6 Å². The van der Waals surface area contributed by atoms with Gasteiger partial charge >= 0.3 is 0 Å². The van der Waals surface area contributed by atoms with Crippen LogP contribution in [0, 0.1) is 13.8 Å². The summed E-state index contributed by atoms with van der Waals surface area (Å²) in [5, 5.41) is 0.799. The first-order chi connectivity index (χ1) is 13.4. The molecular weight excluding hydrogens is 366 g/mol. The molecule has 0 aliphatic carbocycles. The standard InChI is InChI=1S/C23H29N3OS/c1-6-18-8-7-9-20-22(18)24-23(28-20)26(13-12-25(4)5)21(27)15-19-14-16(2)10-11-17(19)3/h7-11,14H,6,12-13,15H2,1-5H3. The van der Waals surface area contributed by atoms with Gasteiger partial charge in [-0.1, -0.05) is 54.2 Å². The molecular formula is C23H29N3OS. The predicted octanol–water partition coefficient (Wildman–Crippen LogP) is 4.61. The zero-order valence-corrected chi connectivity index (χ0v) is 18.3. The second kappa shape index (κ2) is 8.84. The van der Waals surface area contributed by atoms with Gasteiger partial charge in [-0.2, -0.15) is 0 Å². The third-order valence-electron chi connectivity index (χ3n) is 5.02. The number of fused-ring (bicyclic) bond motifs is 1. The van der Waals surface area contributed by atoms with Gasteiger partial charge in [-0.05, 0) is 57.1 Å². The zero-order valence-electron chi connectivity index (χ0n) is 17.5. The van der Waals surface area contributed by atoms with Gasteiger partial charge in [0.15, 0.2) is 5.13 Å². The SMILES string of the molecule is CCc1cccc2sc(N(CCN(C)C)C(=O)Cc3cc(C)ccc3C)nc12. The number of nitrogens with zero attached hydrogens (tertiary/aromatic N) is 3. The number of thiazole rings is 1. The molecule has 1 amide bonds. The number of para-hydroxylation sites is 1. The summed E-state index contributed by atoms with van der Waals surface area (Å²) in [5.41, 5.74) is 5.69. The van der Waals surface area contributed by atoms with Gasteiger partial charge in [0.1, 0.15) is 0 Å². The quantitative estimate of drug-likeness (QED) is 0.586. The Labute approximate surface area is 171 Å². The van der Waals surface area contributed by atoms with E-state index < -0.39 is 0 Å². The molecule has 0 saturated heterocycles. The van der Waals surface area contributed by atoms with Crippen molar-refractivity contribution in [3.63, 3.8) is 0 Å². The van der Waals surface area contributed by atoms with E-state index in [4.69, 9.17) is 4.98 Å². The lowest BCUT2D eigenvalue weighted by Crippen LogP contribution is -2.37. The Morgan fingerprint density at radius 1 is 1.07 bits per heavy atom. The summed E-state index contributed by atoms with van der Waals surface area (Å²) in [4.78, 5) is 22.1. The molecule has 0 aliphatic rings. The minimum absolute atomic E-state index is 0.104. The molecule has 3 aromatic rings. The van der Waals surface area contributed by atoms with E-state index in [9.17, 15) is 4.79 Å². The number of aromatic nitrogens is 1. The van der Waals surface area contributed by atoms with Crippen LogP contribution in [0.1, 0.15) is 29.2 Å². The molecule has 0 aliphatic heterocycles. The van der Waals surface area contributed by atoms with Crippen LogP contribution in [0.25, 0.3) is 10.2 Å². The fourth-order valence-corrected chi connectivity index (χ4v) is 4.33. The number of likely N-dealkylation sites (N-methyl/N-ethyl adjacent to an activating group) is 1. The van der Waals surface area contributed by atoms with Crippen molar-refractivity contribution in [1.82, 2.24) is 9.88 Å². The average Bonchev–Trinajstić information content (AvgIpc) is 3.08. The monoisotopic (exact) mass is 395 g/mol. The van der Waals surface area contributed by atoms with Crippen LogP contribution >= 0.6 is 11.3 Å². The second-order valence-corrected chi connectivity index (χ2v) is 8.58. The predicted molar refractivity (Wildman–Crippen MR) is 120 cm³/mol. The normalized spacial score (nSPS) is 11.4. The van der Waals surface area contributed by atoms with E-state index in [0.29, 0.717) is 13.0 Å². The van der Waals surface area contributed by atoms with Crippen molar-refractivity contribution in [2.75, 3.05) is 32.1 Å². The number of aryl methyl sites for hydroxylation is 3. The van der Waals surface area contributed by atoms with Crippen molar-refractivity contribution in [3.8, 4) is 0 Å². The van der Waals surface area contributed by atoms with Crippen molar-refractivity contribution in [1.29, 1.82) is 0 Å². The molecule has 1 aromatic heterocycles. The number of carbonyl (C=O) groups excluding carboxylic acids is 1. The Morgan fingerprint density at radius 3 is 2.57 bits per heavy atom. The minimum atomic E-state index is 0.104. The number of hydrogen-bond acceptors (Lipinski definition) is 4. The molecule has 0 saturated carbocycles. The molecule has 3 rings (SSSR count). The zero-order chi connectivity index (χ0) is 20.3. The number of amides is 1. The molecule has 28 heavy (non-hydrogen) atoms. The molecule has 0 radical (unpaired) electrons. The number of anilines is 1. The lowest BCUT2D eigenvalue weighted by atomic mass is 10.0. The average molecular weight is 396 g/mol. The maximum Gasteiger partial charge on any atom is 0.233 e. The van der Waals surface area contributed by atoms with Crippen LogP contribution < -0.4 is 4.90 Å². The molecule has 0 atom stereocenters. The van der Waals surface area contributed by atoms with Gasteiger partial charge in [-0.15, -0.1) is 0 Å². The summed E-state index contributed by atoms with van der Waals surface area (Å²) < 4.78 is 1.14. The summed E-state index contributed by atoms with van der Waals surface area (Å²) in [5.74, 6) is 0.104. The lowest BCUT2D eigenvalue weighted by Gasteiger charge is -2.22. The van der Waals surface area contributed by atoms with Crippen LogP contribution in [0.4, 0.5) is 5.13 Å². The topological polar surface area (TPSA) is 36.4 Å². The van der Waals surface area contributed by atoms with Crippen LogP contribution in [-0.4, -0.2) is 43.0 Å². The van der Waals surface area contributed by atoms with Crippen molar-refractivity contribution in [2.24, 2.45) is 0 Å². The first-order valence-electron chi connectivity index (χ1n) is 9.78. The smallest absolute Gasteiger partial charge is 0.233 e. The van der Waals surface area contributed by atoms with Gasteiger partial charge in [-0.3, -0.25) is 9.69 Å². The van der Waals surface area contributed by atoms with E-state index in [1.807, 2.05) is 19.0 Å². The van der Waals surface area contributed by atoms with Gasteiger partial charge < -0.3 is 4.90 Å². The fourth-order valence-electron chi connectivity index (χ4n) is 3.27. The Morgan fingerprint density at radius 2 is 1.86 bits per heavy atom. The van der Waals surface area contributed by atoms with Crippen molar-refractivity contribution < 1.29 is 4.79 Å². The highest BCUT2D eigenvalue weighted by Crippen LogP contribution is 2.31. The summed E-state index contributed by atoms with van der Waals surface area (Å²) in [6.45, 7) is 7.71. The number of benzene rings is 2. The van der Waals surface area contributed by atoms with E-state index in [0.717, 1.165) is 39.4 Å². The lowest BCUT2D eigenvalue weighted by molar-refractivity contribution is -0.118. The first-order valence-corrected chi connectivity index (χ1v) is 10.6. The Kier molecular flexibility index (Phi) is 6.47. The molecule has 0 spiro atoms. The Bertz CT molecular complexity index is 977. The third kappa shape index (κ3) is 4.59. The Hall–Kier alpha value is -2.24. The number of carbonyl (C=O) groups is 1. The maximum atomic E-state index is 13.3. The van der Waals surface area contributed by atoms with Crippen LogP contribution in [0.15, 0.2) is 36.4 Å². The van der Waals surface area contributed by atoms with Gasteiger partial charge in [0.05, 0.1) is 16.6 Å². The fraction of sp³-hybridized carbons (Fsp3) is 0.391. The molecule has 0 fully saturated rings. The van der Waals surface area contributed by atoms with Crippen LogP contribution in [0.5, 0.6) is 0 Å². The third-order valence-corrected chi connectivity index (χ3v) is 6.06. The van der Waals surface area contributed by atoms with Crippen LogP contribution in [0.2, 0.25) is 0 Å². The summed E-state index contributed by atoms with van der Waals surface area (Å²) in [7, 11) is 4.06. The summed E-state index contributed by atoms with van der Waals surface area (Å²) in [6.07, 6.45) is 1.34. The highest BCUT2D eigenvalue weighted by atomic mass is 32.1. The molecule has 0 bridgehead atoms. The van der Waals surface area contributed by atoms with E-state index in [-0.39, 0.29) is 5.91 Å². The summed E-state index contributed by atoms with van der Waals surface area (Å²) in [6, 6.07) is 12.6. The van der Waals surface area contributed by atoms with Crippen molar-refractivity contribution >= 4 is 32.6 Å². The number of rotatable bonds is 7. The molecule has 2 aromatic carbocycles. The van der Waals surface area contributed by atoms with Gasteiger partial charge in [0, 0.05) is 13.1 Å². The molecule has 0 N–H and O–H groups in total. The highest BCUT2D eigenvalue weighted by Gasteiger charge is 2.21. The van der Waals surface area contributed by atoms with Gasteiger partial charge in [-0.25, -0.2) is 4.98 Å². The molecule has 0 unspecified atom stereocenters. The first kappa shape index (κ1) is 20.5. The Balaban J connectivity index is 1.94. The summed E-state index contributed by atoms with van der Waals surface area (Å²) >= 11 is 1.61. The molecule has 1 heterocycles. The van der Waals surface area contributed by atoms with Gasteiger partial charge in [0.2, 0.25) is 5.91 Å². The van der Waals surface area contributed by atoms with E-state index in [1.54, 1.807) is 11.3 Å².